The molecule has 0 spiro atoms. The number of carbonyl (C=O) groups is 2. The van der Waals surface area contributed by atoms with E-state index in [1.165, 1.54) is 11.8 Å². The first kappa shape index (κ1) is 27.3. The molecule has 3 aromatic rings. The number of nitriles is 1. The molecule has 6 nitrogen and oxygen atoms in total. The lowest BCUT2D eigenvalue weighted by Crippen LogP contribution is -2.31. The Bertz CT molecular complexity index is 1480. The number of methoxy groups -OCH3 is 1. The highest BCUT2D eigenvalue weighted by molar-refractivity contribution is 8.03. The number of dihydropyridines is 1. The fourth-order valence-electron chi connectivity index (χ4n) is 4.08. The zero-order valence-corrected chi connectivity index (χ0v) is 22.9. The smallest absolute Gasteiger partial charge is 0.254 e. The van der Waals surface area contributed by atoms with Gasteiger partial charge in [-0.2, -0.15) is 5.26 Å². The largest absolute Gasteiger partial charge is 0.497 e. The van der Waals surface area contributed by atoms with Gasteiger partial charge in [-0.3, -0.25) is 9.59 Å². The summed E-state index contributed by atoms with van der Waals surface area (Å²) in [4.78, 5) is 26.4. The van der Waals surface area contributed by atoms with Crippen molar-refractivity contribution in [2.45, 2.75) is 12.8 Å². The Morgan fingerprint density at radius 2 is 1.74 bits per heavy atom. The van der Waals surface area contributed by atoms with Gasteiger partial charge < -0.3 is 15.4 Å². The van der Waals surface area contributed by atoms with Crippen LogP contribution in [-0.4, -0.2) is 24.6 Å². The van der Waals surface area contributed by atoms with Crippen molar-refractivity contribution < 1.29 is 14.3 Å². The number of allylic oxidation sites excluding steroid dienone is 2. The summed E-state index contributed by atoms with van der Waals surface area (Å²) in [5.41, 5.74) is 2.93. The van der Waals surface area contributed by atoms with Crippen LogP contribution in [0.25, 0.3) is 0 Å². The number of anilines is 1. The summed E-state index contributed by atoms with van der Waals surface area (Å²) in [6.45, 7) is 1.76. The SMILES string of the molecule is COc1ccc(C(=O)CSC2=C(C#N)C(c3ccccc3Cl)C(C(=O)Nc3ccc(Cl)cc3)=C(C)N2)cc1. The minimum absolute atomic E-state index is 0.0919. The van der Waals surface area contributed by atoms with Crippen molar-refractivity contribution in [3.8, 4) is 11.8 Å². The van der Waals surface area contributed by atoms with Crippen LogP contribution in [0.3, 0.4) is 0 Å². The van der Waals surface area contributed by atoms with Crippen LogP contribution in [0.15, 0.2) is 94.7 Å². The van der Waals surface area contributed by atoms with Gasteiger partial charge in [-0.25, -0.2) is 0 Å². The van der Waals surface area contributed by atoms with Gasteiger partial charge >= 0.3 is 0 Å². The molecule has 2 N–H and O–H groups in total. The molecule has 9 heteroatoms. The zero-order chi connectivity index (χ0) is 27.2. The first-order valence-electron chi connectivity index (χ1n) is 11.6. The van der Waals surface area contributed by atoms with E-state index in [9.17, 15) is 14.9 Å². The number of Topliss-reactive ketones (excluding diaryl/α,β-unsaturated/α-hetero) is 1. The quantitative estimate of drug-likeness (QED) is 0.288. The Hall–Kier alpha value is -3.70. The molecule has 1 unspecified atom stereocenters. The molecule has 3 aromatic carbocycles. The standard InChI is InChI=1S/C29H23Cl2N3O3S/c1-17-26(28(36)34-20-11-9-19(30)10-12-20)27(22-5-3-4-6-24(22)31)23(15-32)29(33-17)38-16-25(35)18-7-13-21(37-2)14-8-18/h3-14,27,33H,16H2,1-2H3,(H,34,36). The Morgan fingerprint density at radius 3 is 2.37 bits per heavy atom. The van der Waals surface area contributed by atoms with E-state index in [0.717, 1.165) is 0 Å². The number of nitrogens with one attached hydrogen (secondary N) is 2. The second-order valence-electron chi connectivity index (χ2n) is 8.37. The van der Waals surface area contributed by atoms with E-state index in [2.05, 4.69) is 16.7 Å². The lowest BCUT2D eigenvalue weighted by Gasteiger charge is -2.30. The fraction of sp³-hybridized carbons (Fsp3) is 0.138. The van der Waals surface area contributed by atoms with Crippen LogP contribution in [0, 0.1) is 11.3 Å². The van der Waals surface area contributed by atoms with Gasteiger partial charge in [-0.15, -0.1) is 0 Å². The fourth-order valence-corrected chi connectivity index (χ4v) is 5.43. The third-order valence-electron chi connectivity index (χ3n) is 5.97. The van der Waals surface area contributed by atoms with E-state index >= 15 is 0 Å². The summed E-state index contributed by atoms with van der Waals surface area (Å²) in [5.74, 6) is -0.472. The van der Waals surface area contributed by atoms with Gasteiger partial charge in [0.15, 0.2) is 5.78 Å². The molecule has 4 rings (SSSR count). The van der Waals surface area contributed by atoms with Gasteiger partial charge in [-0.05, 0) is 67.1 Å². The van der Waals surface area contributed by atoms with Gasteiger partial charge in [0, 0.05) is 32.6 Å². The van der Waals surface area contributed by atoms with Gasteiger partial charge in [-0.1, -0.05) is 53.2 Å². The van der Waals surface area contributed by atoms with E-state index < -0.39 is 5.92 Å². The van der Waals surface area contributed by atoms with Crippen LogP contribution in [0.4, 0.5) is 5.69 Å². The number of ketones is 1. The second-order valence-corrected chi connectivity index (χ2v) is 10.2. The van der Waals surface area contributed by atoms with Crippen LogP contribution < -0.4 is 15.4 Å². The monoisotopic (exact) mass is 563 g/mol. The summed E-state index contributed by atoms with van der Waals surface area (Å²) in [6, 6.07) is 23.0. The molecule has 1 amide bonds. The van der Waals surface area contributed by atoms with E-state index in [1.54, 1.807) is 80.8 Å². The van der Waals surface area contributed by atoms with Crippen LogP contribution >= 0.6 is 35.0 Å². The molecule has 0 fully saturated rings. The van der Waals surface area contributed by atoms with Gasteiger partial charge in [0.2, 0.25) is 0 Å². The maximum atomic E-state index is 13.5. The lowest BCUT2D eigenvalue weighted by molar-refractivity contribution is -0.113. The van der Waals surface area contributed by atoms with Crippen molar-refractivity contribution in [1.82, 2.24) is 5.32 Å². The van der Waals surface area contributed by atoms with Crippen LogP contribution in [0.2, 0.25) is 10.0 Å². The molecule has 1 aliphatic heterocycles. The molecule has 0 aromatic heterocycles. The van der Waals surface area contributed by atoms with Crippen molar-refractivity contribution in [3.05, 3.63) is 116 Å². The zero-order valence-electron chi connectivity index (χ0n) is 20.5. The molecular weight excluding hydrogens is 541 g/mol. The average molecular weight is 564 g/mol. The minimum atomic E-state index is -0.735. The highest BCUT2D eigenvalue weighted by atomic mass is 35.5. The number of rotatable bonds is 8. The van der Waals surface area contributed by atoms with E-state index in [1.807, 2.05) is 6.07 Å². The van der Waals surface area contributed by atoms with Gasteiger partial charge in [0.25, 0.3) is 5.91 Å². The molecule has 0 aliphatic carbocycles. The number of hydrogen-bond acceptors (Lipinski definition) is 6. The normalized spacial score (nSPS) is 15.0. The van der Waals surface area contributed by atoms with Crippen LogP contribution in [-0.2, 0) is 4.79 Å². The number of thioether (sulfide) groups is 1. The minimum Gasteiger partial charge on any atom is -0.497 e. The molecular formula is C29H23Cl2N3O3S. The predicted molar refractivity (Wildman–Crippen MR) is 153 cm³/mol. The summed E-state index contributed by atoms with van der Waals surface area (Å²) in [6.07, 6.45) is 0. The molecule has 0 bridgehead atoms. The van der Waals surface area contributed by atoms with Crippen molar-refractivity contribution in [3.63, 3.8) is 0 Å². The summed E-state index contributed by atoms with van der Waals surface area (Å²) < 4.78 is 5.16. The average Bonchev–Trinajstić information content (AvgIpc) is 2.92. The first-order chi connectivity index (χ1) is 18.3. The number of amides is 1. The number of carbonyl (C=O) groups excluding carboxylic acids is 2. The predicted octanol–water partition coefficient (Wildman–Crippen LogP) is 6.95. The molecule has 1 heterocycles. The topological polar surface area (TPSA) is 91.2 Å². The van der Waals surface area contributed by atoms with Gasteiger partial charge in [0.05, 0.1) is 35.5 Å². The van der Waals surface area contributed by atoms with Crippen molar-refractivity contribution >= 4 is 52.3 Å². The molecule has 0 radical (unpaired) electrons. The first-order valence-corrected chi connectivity index (χ1v) is 13.3. The second kappa shape index (κ2) is 12.2. The van der Waals surface area contributed by atoms with Crippen molar-refractivity contribution in [2.75, 3.05) is 18.2 Å². The van der Waals surface area contributed by atoms with Crippen molar-refractivity contribution in [1.29, 1.82) is 5.26 Å². The molecule has 1 atom stereocenters. The number of ether oxygens (including phenoxy) is 1. The Morgan fingerprint density at radius 1 is 1.05 bits per heavy atom. The van der Waals surface area contributed by atoms with E-state index in [4.69, 9.17) is 27.9 Å². The van der Waals surface area contributed by atoms with Crippen molar-refractivity contribution in [2.24, 2.45) is 0 Å². The Labute approximate surface area is 235 Å². The molecule has 0 saturated carbocycles. The van der Waals surface area contributed by atoms with Gasteiger partial charge in [0.1, 0.15) is 5.75 Å². The number of hydrogen-bond donors (Lipinski definition) is 2. The van der Waals surface area contributed by atoms with E-state index in [-0.39, 0.29) is 17.4 Å². The third kappa shape index (κ3) is 6.05. The summed E-state index contributed by atoms with van der Waals surface area (Å²) >= 11 is 13.8. The van der Waals surface area contributed by atoms with Crippen LogP contribution in [0.5, 0.6) is 5.75 Å². The lowest BCUT2D eigenvalue weighted by atomic mass is 9.82. The summed E-state index contributed by atoms with van der Waals surface area (Å²) in [7, 11) is 1.56. The highest BCUT2D eigenvalue weighted by Crippen LogP contribution is 2.43. The number of nitrogens with zero attached hydrogens (tertiary/aromatic N) is 1. The molecule has 192 valence electrons. The molecule has 0 saturated heterocycles. The van der Waals surface area contributed by atoms with E-state index in [0.29, 0.717) is 54.5 Å². The Balaban J connectivity index is 1.67. The molecule has 1 aliphatic rings. The number of halogens is 2. The van der Waals surface area contributed by atoms with Crippen LogP contribution in [0.1, 0.15) is 28.8 Å². The highest BCUT2D eigenvalue weighted by Gasteiger charge is 2.36. The maximum absolute atomic E-state index is 13.5. The molecule has 38 heavy (non-hydrogen) atoms. The number of benzene rings is 3. The maximum Gasteiger partial charge on any atom is 0.254 e. The Kier molecular flexibility index (Phi) is 8.80. The summed E-state index contributed by atoms with van der Waals surface area (Å²) in [5, 5.41) is 17.8. The third-order valence-corrected chi connectivity index (χ3v) is 7.58.